The second-order valence-corrected chi connectivity index (χ2v) is 39.0. The zero-order valence-electron chi connectivity index (χ0n) is 42.5. The Hall–Kier alpha value is -4.86. The smallest absolute Gasteiger partial charge is 0.357 e. The number of thioether (sulfide) groups is 3. The van der Waals surface area contributed by atoms with E-state index >= 15 is 0 Å². The maximum absolute atomic E-state index is 12.1. The number of fused-ring (bicyclic) bond motifs is 3. The minimum absolute atomic E-state index is 0.106. The summed E-state index contributed by atoms with van der Waals surface area (Å²) in [6.45, 7) is 23.5. The van der Waals surface area contributed by atoms with Crippen LogP contribution in [-0.2, 0) is 39.1 Å². The average Bonchev–Trinajstić information content (AvgIpc) is 3.99. The Morgan fingerprint density at radius 1 is 0.577 bits per heavy atom. The van der Waals surface area contributed by atoms with E-state index in [2.05, 4.69) is 101 Å². The van der Waals surface area contributed by atoms with Gasteiger partial charge >= 0.3 is 11.9 Å². The lowest BCUT2D eigenvalue weighted by Gasteiger charge is -2.15. The minimum Gasteiger partial charge on any atom is -0.476 e. The van der Waals surface area contributed by atoms with E-state index in [1.807, 2.05) is 23.1 Å². The van der Waals surface area contributed by atoms with Gasteiger partial charge in [-0.1, -0.05) is 106 Å². The number of aromatic nitrogens is 9. The van der Waals surface area contributed by atoms with Crippen LogP contribution in [0.5, 0.6) is 0 Å². The molecule has 0 fully saturated rings. The summed E-state index contributed by atoms with van der Waals surface area (Å²) >= 11 is 10.2. The molecule has 0 unspecified atom stereocenters. The van der Waals surface area contributed by atoms with Crippen molar-refractivity contribution in [2.24, 2.45) is 0 Å². The number of hydrogen-bond acceptors (Lipinski definition) is 18. The molecule has 1 N–H and O–H groups in total. The summed E-state index contributed by atoms with van der Waals surface area (Å²) in [5, 5.41) is 40.3. The summed E-state index contributed by atoms with van der Waals surface area (Å²) in [7, 11) is -2.18. The zero-order valence-corrected chi connectivity index (χ0v) is 48.7. The number of carboxylic acid groups (broad SMARTS) is 1. The number of esters is 1. The largest absolute Gasteiger partial charge is 0.476 e. The van der Waals surface area contributed by atoms with E-state index in [0.29, 0.717) is 86.0 Å². The van der Waals surface area contributed by atoms with Crippen LogP contribution in [-0.4, -0.2) is 131 Å². The van der Waals surface area contributed by atoms with Gasteiger partial charge in [-0.3, -0.25) is 0 Å². The van der Waals surface area contributed by atoms with Crippen molar-refractivity contribution in [3.05, 3.63) is 51.8 Å². The number of aromatic carboxylic acids is 1. The number of halogens is 1. The molecule has 26 heteroatoms. The predicted octanol–water partition coefficient (Wildman–Crippen LogP) is 10.1. The first kappa shape index (κ1) is 58.7. The third kappa shape index (κ3) is 16.6. The summed E-state index contributed by atoms with van der Waals surface area (Å²) in [5.74, 6) is -1.76. The molecule has 0 bridgehead atoms. The topological polar surface area (TPSA) is 255 Å². The van der Waals surface area contributed by atoms with Gasteiger partial charge in [-0.15, -0.1) is 0 Å². The number of carboxylic acids is 1. The predicted molar refractivity (Wildman–Crippen MR) is 288 cm³/mol. The maximum atomic E-state index is 12.1. The van der Waals surface area contributed by atoms with Crippen molar-refractivity contribution in [1.29, 1.82) is 15.8 Å². The van der Waals surface area contributed by atoms with Crippen molar-refractivity contribution in [3.63, 3.8) is 0 Å². The van der Waals surface area contributed by atoms with Crippen LogP contribution in [0.25, 0.3) is 33.1 Å². The molecule has 19 nitrogen and oxygen atoms in total. The molecule has 0 aliphatic rings. The maximum Gasteiger partial charge on any atom is 0.357 e. The Morgan fingerprint density at radius 2 is 0.901 bits per heavy atom. The second kappa shape index (κ2) is 26.2. The third-order valence-electron chi connectivity index (χ3n) is 10.2. The van der Waals surface area contributed by atoms with E-state index in [4.69, 9.17) is 30.5 Å². The van der Waals surface area contributed by atoms with Crippen molar-refractivity contribution < 1.29 is 33.6 Å². The molecule has 380 valence electrons. The van der Waals surface area contributed by atoms with Crippen molar-refractivity contribution in [1.82, 2.24) is 43.6 Å². The van der Waals surface area contributed by atoms with Gasteiger partial charge in [0.1, 0.15) is 60.5 Å². The first-order valence-corrected chi connectivity index (χ1v) is 37.4. The number of methoxy groups -OCH3 is 1. The van der Waals surface area contributed by atoms with Crippen LogP contribution < -0.4 is 0 Å². The van der Waals surface area contributed by atoms with Crippen LogP contribution in [0.3, 0.4) is 0 Å². The highest BCUT2D eigenvalue weighted by atomic mass is 35.5. The van der Waals surface area contributed by atoms with Gasteiger partial charge in [0.05, 0.1) is 40.0 Å². The molecule has 6 heterocycles. The standard InChI is InChI=1S/C16H22N4O3SSi.C15H20N4O3SSi.C14H19ClN4OSSi/c1-22-15(21)13-12-11(8-17)9-20(10-23-6-7-25(3,4)5)14(12)19-16(18-13)24-2;1-23-15-17-12(14(20)21)11-10(7-16)8-19(13(11)18-15)9-22-5-6-24(2,3)4;1-21-14-17-12(15)11-10(7-16)8-19(13(11)18-14)9-20-5-6-22(2,3)4/h9H,6-7,10H2,1-5H3;8H,5-6,9H2,1-4H3,(H,20,21);8H,5-6,9H2,1-4H3. The lowest BCUT2D eigenvalue weighted by molar-refractivity contribution is 0.0594. The molecule has 0 saturated carbocycles. The number of rotatable bonds is 20. The number of nitriles is 3. The number of carbonyl (C=O) groups excluding carboxylic acids is 1. The molecule has 0 aliphatic carbocycles. The lowest BCUT2D eigenvalue weighted by Crippen LogP contribution is -2.22. The van der Waals surface area contributed by atoms with Crippen LogP contribution >= 0.6 is 46.9 Å². The second-order valence-electron chi connectivity index (χ2n) is 19.4. The van der Waals surface area contributed by atoms with Gasteiger partial charge in [0.2, 0.25) is 0 Å². The van der Waals surface area contributed by atoms with Gasteiger partial charge in [-0.05, 0) is 36.9 Å². The van der Waals surface area contributed by atoms with Gasteiger partial charge in [-0.2, -0.15) is 15.8 Å². The number of nitrogens with zero attached hydrogens (tertiary/aromatic N) is 12. The molecule has 6 aromatic rings. The van der Waals surface area contributed by atoms with Crippen LogP contribution in [0.2, 0.25) is 82.2 Å². The minimum atomic E-state index is -1.18. The van der Waals surface area contributed by atoms with Gasteiger partial charge in [0.25, 0.3) is 0 Å². The first-order valence-electron chi connectivity index (χ1n) is 22.2. The summed E-state index contributed by atoms with van der Waals surface area (Å²) < 4.78 is 27.3. The van der Waals surface area contributed by atoms with Crippen LogP contribution in [0.1, 0.15) is 37.7 Å². The number of hydrogen-bond donors (Lipinski definition) is 1. The quantitative estimate of drug-likeness (QED) is 0.0186. The lowest BCUT2D eigenvalue weighted by atomic mass is 10.2. The Labute approximate surface area is 435 Å². The van der Waals surface area contributed by atoms with E-state index in [0.717, 1.165) is 18.1 Å². The molecule has 0 atom stereocenters. The fourth-order valence-corrected chi connectivity index (χ4v) is 9.97. The Bertz CT molecular complexity index is 2980. The molecule has 0 radical (unpaired) electrons. The highest BCUT2D eigenvalue weighted by molar-refractivity contribution is 7.98. The van der Waals surface area contributed by atoms with Gasteiger partial charge in [-0.25, -0.2) is 39.5 Å². The summed E-state index contributed by atoms with van der Waals surface area (Å²) in [4.78, 5) is 49.3. The molecular weight excluding hydrogens is 1040 g/mol. The van der Waals surface area contributed by atoms with Crippen molar-refractivity contribution in [3.8, 4) is 18.2 Å². The molecule has 0 spiro atoms. The molecule has 0 aromatic carbocycles. The van der Waals surface area contributed by atoms with E-state index < -0.39 is 36.2 Å². The normalized spacial score (nSPS) is 11.6. The fourth-order valence-electron chi connectivity index (χ4n) is 6.30. The van der Waals surface area contributed by atoms with E-state index in [1.165, 1.54) is 42.4 Å². The van der Waals surface area contributed by atoms with Crippen LogP contribution in [0, 0.1) is 34.0 Å². The molecule has 0 aliphatic heterocycles. The third-order valence-corrected chi connectivity index (χ3v) is 17.2. The molecule has 0 amide bonds. The van der Waals surface area contributed by atoms with E-state index in [9.17, 15) is 30.5 Å². The summed E-state index contributed by atoms with van der Waals surface area (Å²) in [6, 6.07) is 9.44. The first-order chi connectivity index (χ1) is 33.4. The summed E-state index contributed by atoms with van der Waals surface area (Å²) in [5.41, 5.74) is 2.56. The Morgan fingerprint density at radius 3 is 1.23 bits per heavy atom. The average molecular weight is 1100 g/mol. The molecule has 71 heavy (non-hydrogen) atoms. The van der Waals surface area contributed by atoms with Gasteiger partial charge in [0, 0.05) is 62.6 Å². The van der Waals surface area contributed by atoms with Crippen molar-refractivity contribution in [2.45, 2.75) is 113 Å². The molecule has 6 aromatic heterocycles. The Kier molecular flexibility index (Phi) is 21.7. The molecule has 0 saturated heterocycles. The number of carbonyl (C=O) groups is 2. The monoisotopic (exact) mass is 1100 g/mol. The zero-order chi connectivity index (χ0) is 52.8. The van der Waals surface area contributed by atoms with Crippen molar-refractivity contribution in [2.75, 3.05) is 45.7 Å². The van der Waals surface area contributed by atoms with Crippen LogP contribution in [0.15, 0.2) is 34.1 Å². The highest BCUT2D eigenvalue weighted by Gasteiger charge is 2.24. The highest BCUT2D eigenvalue weighted by Crippen LogP contribution is 2.30. The van der Waals surface area contributed by atoms with E-state index in [1.54, 1.807) is 34.0 Å². The van der Waals surface area contributed by atoms with Gasteiger partial charge in [0.15, 0.2) is 26.9 Å². The summed E-state index contributed by atoms with van der Waals surface area (Å²) in [6.07, 6.45) is 10.4. The van der Waals surface area contributed by atoms with E-state index in [-0.39, 0.29) is 35.8 Å². The Balaban J connectivity index is 0.000000232. The molecule has 6 rings (SSSR count). The number of ether oxygens (including phenoxy) is 4. The van der Waals surface area contributed by atoms with Crippen molar-refractivity contribution >= 4 is 116 Å². The fraction of sp³-hybridized carbons (Fsp3) is 0.489. The molecular formula is C45H61ClN12O7S3Si3. The van der Waals surface area contributed by atoms with Crippen LogP contribution in [0.4, 0.5) is 0 Å². The SMILES string of the molecule is COC(=O)c1nc(SC)nc2c1c(C#N)cn2COCC[Si](C)(C)C.CSc1nc(C(=O)O)c2c(C#N)cn(COCC[Si](C)(C)C)c2n1.CSc1nc(Cl)c2c(C#N)cn(COCC[Si](C)(C)C)c2n1. The van der Waals surface area contributed by atoms with Gasteiger partial charge < -0.3 is 37.8 Å².